The molecule has 0 radical (unpaired) electrons. The highest BCUT2D eigenvalue weighted by Gasteiger charge is 2.01. The number of oxazole rings is 1. The van der Waals surface area contributed by atoms with Gasteiger partial charge in [0, 0.05) is 6.07 Å². The Morgan fingerprint density at radius 1 is 1.17 bits per heavy atom. The SMILES string of the molecule is c1nc2cc3ocnc3cc2[nH]1. The second-order valence-electron chi connectivity index (χ2n) is 2.59. The van der Waals surface area contributed by atoms with Gasteiger partial charge in [-0.05, 0) is 6.07 Å². The van der Waals surface area contributed by atoms with Crippen molar-refractivity contribution in [2.75, 3.05) is 0 Å². The van der Waals surface area contributed by atoms with Crippen molar-refractivity contribution in [2.24, 2.45) is 0 Å². The van der Waals surface area contributed by atoms with Gasteiger partial charge in [-0.25, -0.2) is 9.97 Å². The lowest BCUT2D eigenvalue weighted by Crippen LogP contribution is -1.70. The predicted molar refractivity (Wildman–Crippen MR) is 43.7 cm³/mol. The summed E-state index contributed by atoms with van der Waals surface area (Å²) in [5, 5.41) is 0. The van der Waals surface area contributed by atoms with E-state index in [1.165, 1.54) is 6.39 Å². The highest BCUT2D eigenvalue weighted by Crippen LogP contribution is 2.18. The average molecular weight is 159 g/mol. The van der Waals surface area contributed by atoms with Crippen LogP contribution in [0, 0.1) is 0 Å². The van der Waals surface area contributed by atoms with Gasteiger partial charge in [-0.2, -0.15) is 0 Å². The molecule has 0 fully saturated rings. The second kappa shape index (κ2) is 1.85. The first kappa shape index (κ1) is 5.77. The summed E-state index contributed by atoms with van der Waals surface area (Å²) in [6.07, 6.45) is 3.09. The summed E-state index contributed by atoms with van der Waals surface area (Å²) < 4.78 is 5.13. The van der Waals surface area contributed by atoms with Crippen LogP contribution < -0.4 is 0 Å². The molecule has 0 aliphatic heterocycles. The molecular weight excluding hydrogens is 154 g/mol. The van der Waals surface area contributed by atoms with Crippen molar-refractivity contribution in [3.8, 4) is 0 Å². The molecule has 0 unspecified atom stereocenters. The van der Waals surface area contributed by atoms with Crippen LogP contribution in [0.3, 0.4) is 0 Å². The molecule has 2 heterocycles. The fourth-order valence-electron chi connectivity index (χ4n) is 1.29. The molecule has 0 amide bonds. The van der Waals surface area contributed by atoms with Gasteiger partial charge in [-0.15, -0.1) is 0 Å². The van der Waals surface area contributed by atoms with Crippen molar-refractivity contribution in [1.82, 2.24) is 15.0 Å². The van der Waals surface area contributed by atoms with Gasteiger partial charge in [0.25, 0.3) is 0 Å². The van der Waals surface area contributed by atoms with E-state index in [4.69, 9.17) is 4.42 Å². The molecule has 0 spiro atoms. The lowest BCUT2D eigenvalue weighted by atomic mass is 10.3. The number of rotatable bonds is 0. The molecule has 12 heavy (non-hydrogen) atoms. The summed E-state index contributed by atoms with van der Waals surface area (Å²) in [5.41, 5.74) is 3.51. The van der Waals surface area contributed by atoms with E-state index in [0.29, 0.717) is 0 Å². The first-order valence-corrected chi connectivity index (χ1v) is 3.60. The van der Waals surface area contributed by atoms with Crippen LogP contribution in [-0.2, 0) is 0 Å². The minimum absolute atomic E-state index is 0.773. The average Bonchev–Trinajstić information content (AvgIpc) is 2.64. The van der Waals surface area contributed by atoms with Gasteiger partial charge in [-0.1, -0.05) is 0 Å². The van der Waals surface area contributed by atoms with Crippen molar-refractivity contribution in [3.05, 3.63) is 24.9 Å². The maximum atomic E-state index is 5.13. The number of imidazole rings is 1. The van der Waals surface area contributed by atoms with Crippen molar-refractivity contribution in [1.29, 1.82) is 0 Å². The third-order valence-electron chi connectivity index (χ3n) is 1.87. The maximum absolute atomic E-state index is 5.13. The van der Waals surface area contributed by atoms with Crippen LogP contribution in [0.5, 0.6) is 0 Å². The number of nitrogens with zero attached hydrogens (tertiary/aromatic N) is 2. The van der Waals surface area contributed by atoms with Gasteiger partial charge < -0.3 is 9.40 Å². The Hall–Kier alpha value is -1.84. The maximum Gasteiger partial charge on any atom is 0.181 e. The monoisotopic (exact) mass is 159 g/mol. The Bertz CT molecular complexity index is 446. The number of aromatic nitrogens is 3. The number of aromatic amines is 1. The molecule has 1 aromatic carbocycles. The van der Waals surface area contributed by atoms with Crippen LogP contribution in [0.4, 0.5) is 0 Å². The van der Waals surface area contributed by atoms with Crippen molar-refractivity contribution in [2.45, 2.75) is 0 Å². The molecule has 0 bridgehead atoms. The Morgan fingerprint density at radius 3 is 3.17 bits per heavy atom. The number of hydrogen-bond acceptors (Lipinski definition) is 3. The lowest BCUT2D eigenvalue weighted by Gasteiger charge is -1.86. The van der Waals surface area contributed by atoms with Crippen LogP contribution in [0.2, 0.25) is 0 Å². The molecule has 4 nitrogen and oxygen atoms in total. The van der Waals surface area contributed by atoms with Gasteiger partial charge in [0.1, 0.15) is 5.52 Å². The van der Waals surface area contributed by atoms with E-state index in [0.717, 1.165) is 22.1 Å². The fourth-order valence-corrected chi connectivity index (χ4v) is 1.29. The van der Waals surface area contributed by atoms with Crippen molar-refractivity contribution >= 4 is 22.1 Å². The molecule has 0 aliphatic rings. The summed E-state index contributed by atoms with van der Waals surface area (Å²) >= 11 is 0. The predicted octanol–water partition coefficient (Wildman–Crippen LogP) is 1.70. The zero-order valence-corrected chi connectivity index (χ0v) is 6.11. The normalized spacial score (nSPS) is 11.3. The van der Waals surface area contributed by atoms with E-state index in [9.17, 15) is 0 Å². The fraction of sp³-hybridized carbons (Fsp3) is 0. The molecule has 0 saturated heterocycles. The molecule has 4 heteroatoms. The van der Waals surface area contributed by atoms with E-state index >= 15 is 0 Å². The third-order valence-corrected chi connectivity index (χ3v) is 1.87. The van der Waals surface area contributed by atoms with Crippen LogP contribution in [0.25, 0.3) is 22.1 Å². The largest absolute Gasteiger partial charge is 0.443 e. The summed E-state index contributed by atoms with van der Waals surface area (Å²) in [6.45, 7) is 0. The zero-order chi connectivity index (χ0) is 7.97. The van der Waals surface area contributed by atoms with E-state index in [2.05, 4.69) is 15.0 Å². The van der Waals surface area contributed by atoms with Crippen LogP contribution in [-0.4, -0.2) is 15.0 Å². The first-order chi connectivity index (χ1) is 5.93. The van der Waals surface area contributed by atoms with Crippen LogP contribution in [0.15, 0.2) is 29.3 Å². The number of H-pyrrole nitrogens is 1. The molecular formula is C8H5N3O. The molecule has 0 atom stereocenters. The standard InChI is InChI=1S/C8H5N3O/c1-5-6(10-3-9-5)2-8-7(1)11-4-12-8/h1-4H,(H,9,10). The van der Waals surface area contributed by atoms with Crippen LogP contribution >= 0.6 is 0 Å². The Balaban J connectivity index is 2.62. The topological polar surface area (TPSA) is 54.7 Å². The molecule has 2 aromatic heterocycles. The quantitative estimate of drug-likeness (QED) is 0.543. The van der Waals surface area contributed by atoms with E-state index in [1.54, 1.807) is 6.33 Å². The van der Waals surface area contributed by atoms with E-state index in [-0.39, 0.29) is 0 Å². The van der Waals surface area contributed by atoms with Gasteiger partial charge in [0.05, 0.1) is 17.4 Å². The highest BCUT2D eigenvalue weighted by atomic mass is 16.3. The van der Waals surface area contributed by atoms with E-state index in [1.807, 2.05) is 12.1 Å². The first-order valence-electron chi connectivity index (χ1n) is 3.60. The van der Waals surface area contributed by atoms with Crippen LogP contribution in [0.1, 0.15) is 0 Å². The number of hydrogen-bond donors (Lipinski definition) is 1. The lowest BCUT2D eigenvalue weighted by molar-refractivity contribution is 0.602. The zero-order valence-electron chi connectivity index (χ0n) is 6.11. The second-order valence-corrected chi connectivity index (χ2v) is 2.59. The highest BCUT2D eigenvalue weighted by molar-refractivity contribution is 5.89. The summed E-state index contributed by atoms with van der Waals surface area (Å²) in [4.78, 5) is 11.1. The molecule has 3 aromatic rings. The Labute approximate surface area is 67.2 Å². The molecule has 3 rings (SSSR count). The van der Waals surface area contributed by atoms with Gasteiger partial charge in [0.2, 0.25) is 0 Å². The van der Waals surface area contributed by atoms with Gasteiger partial charge >= 0.3 is 0 Å². The molecule has 0 aliphatic carbocycles. The number of fused-ring (bicyclic) bond motifs is 2. The summed E-state index contributed by atoms with van der Waals surface area (Å²) in [6, 6.07) is 3.79. The minimum atomic E-state index is 0.773. The van der Waals surface area contributed by atoms with Gasteiger partial charge in [-0.3, -0.25) is 0 Å². The van der Waals surface area contributed by atoms with Crippen molar-refractivity contribution < 1.29 is 4.42 Å². The number of benzene rings is 1. The Kier molecular flexibility index (Phi) is 0.889. The minimum Gasteiger partial charge on any atom is -0.443 e. The van der Waals surface area contributed by atoms with E-state index < -0.39 is 0 Å². The smallest absolute Gasteiger partial charge is 0.181 e. The third kappa shape index (κ3) is 0.611. The Morgan fingerprint density at radius 2 is 2.17 bits per heavy atom. The molecule has 1 N–H and O–H groups in total. The number of nitrogens with one attached hydrogen (secondary N) is 1. The summed E-state index contributed by atoms with van der Waals surface area (Å²) in [7, 11) is 0. The van der Waals surface area contributed by atoms with Gasteiger partial charge in [0.15, 0.2) is 12.0 Å². The summed E-state index contributed by atoms with van der Waals surface area (Å²) in [5.74, 6) is 0. The van der Waals surface area contributed by atoms with Crippen molar-refractivity contribution in [3.63, 3.8) is 0 Å². The molecule has 58 valence electrons. The molecule has 0 saturated carbocycles.